The number of benzene rings is 1. The molecule has 0 atom stereocenters. The van der Waals surface area contributed by atoms with Crippen LogP contribution in [0.1, 0.15) is 16.8 Å². The first-order valence-electron chi connectivity index (χ1n) is 8.20. The Morgan fingerprint density at radius 1 is 1.13 bits per heavy atom. The Morgan fingerprint density at radius 3 is 2.70 bits per heavy atom. The van der Waals surface area contributed by atoms with Crippen LogP contribution in [0.15, 0.2) is 36.7 Å². The Balaban J connectivity index is 1.51. The van der Waals surface area contributed by atoms with Crippen molar-refractivity contribution >= 4 is 5.82 Å². The number of morpholine rings is 1. The molecule has 1 aliphatic rings. The molecule has 0 amide bonds. The Hall–Kier alpha value is -1.98. The first-order valence-corrected chi connectivity index (χ1v) is 8.20. The van der Waals surface area contributed by atoms with Crippen LogP contribution in [-0.4, -0.2) is 54.3 Å². The molecule has 0 bridgehead atoms. The van der Waals surface area contributed by atoms with E-state index in [1.54, 1.807) is 6.33 Å². The number of anilines is 1. The first-order chi connectivity index (χ1) is 11.3. The molecule has 1 aromatic carbocycles. The lowest BCUT2D eigenvalue weighted by atomic mass is 10.1. The van der Waals surface area contributed by atoms with Gasteiger partial charge in [0.15, 0.2) is 0 Å². The standard InChI is InChI=1S/C18H24N4O/c1-15-2-4-16(5-3-15)12-17-13-18(21-14-20-17)19-6-7-22-8-10-23-11-9-22/h2-5,13-14H,6-12H2,1H3,(H,19,20,21). The molecule has 5 nitrogen and oxygen atoms in total. The summed E-state index contributed by atoms with van der Waals surface area (Å²) in [7, 11) is 0. The quantitative estimate of drug-likeness (QED) is 0.885. The summed E-state index contributed by atoms with van der Waals surface area (Å²) >= 11 is 0. The van der Waals surface area contributed by atoms with E-state index in [-0.39, 0.29) is 0 Å². The summed E-state index contributed by atoms with van der Waals surface area (Å²) in [6, 6.07) is 10.6. The molecule has 1 fully saturated rings. The average molecular weight is 312 g/mol. The van der Waals surface area contributed by atoms with Crippen molar-refractivity contribution in [2.45, 2.75) is 13.3 Å². The fourth-order valence-corrected chi connectivity index (χ4v) is 2.67. The highest BCUT2D eigenvalue weighted by Crippen LogP contribution is 2.11. The third-order valence-electron chi connectivity index (χ3n) is 4.07. The molecule has 1 saturated heterocycles. The predicted octanol–water partition coefficient (Wildman–Crippen LogP) is 2.12. The van der Waals surface area contributed by atoms with Gasteiger partial charge in [0.25, 0.3) is 0 Å². The van der Waals surface area contributed by atoms with Gasteiger partial charge in [0.1, 0.15) is 12.1 Å². The molecular weight excluding hydrogens is 288 g/mol. The second-order valence-corrected chi connectivity index (χ2v) is 5.94. The molecular formula is C18H24N4O. The van der Waals surface area contributed by atoms with E-state index in [1.165, 1.54) is 11.1 Å². The number of nitrogens with one attached hydrogen (secondary N) is 1. The normalized spacial score (nSPS) is 15.5. The Bertz CT molecular complexity index is 609. The van der Waals surface area contributed by atoms with E-state index in [4.69, 9.17) is 4.74 Å². The molecule has 122 valence electrons. The smallest absolute Gasteiger partial charge is 0.129 e. The van der Waals surface area contributed by atoms with Crippen LogP contribution in [0, 0.1) is 6.92 Å². The Morgan fingerprint density at radius 2 is 1.91 bits per heavy atom. The molecule has 1 aromatic heterocycles. The lowest BCUT2D eigenvalue weighted by molar-refractivity contribution is 0.0398. The van der Waals surface area contributed by atoms with Crippen molar-refractivity contribution in [1.29, 1.82) is 0 Å². The molecule has 0 unspecified atom stereocenters. The number of aryl methyl sites for hydroxylation is 1. The van der Waals surface area contributed by atoms with Gasteiger partial charge < -0.3 is 10.1 Å². The SMILES string of the molecule is Cc1ccc(Cc2cc(NCCN3CCOCC3)ncn2)cc1. The van der Waals surface area contributed by atoms with E-state index >= 15 is 0 Å². The van der Waals surface area contributed by atoms with E-state index in [1.807, 2.05) is 6.07 Å². The fourth-order valence-electron chi connectivity index (χ4n) is 2.67. The van der Waals surface area contributed by atoms with Crippen LogP contribution >= 0.6 is 0 Å². The van der Waals surface area contributed by atoms with Crippen LogP contribution < -0.4 is 5.32 Å². The van der Waals surface area contributed by atoms with Crippen molar-refractivity contribution in [2.75, 3.05) is 44.7 Å². The van der Waals surface area contributed by atoms with E-state index in [2.05, 4.69) is 51.4 Å². The highest BCUT2D eigenvalue weighted by Gasteiger charge is 2.09. The van der Waals surface area contributed by atoms with Crippen molar-refractivity contribution in [3.63, 3.8) is 0 Å². The van der Waals surface area contributed by atoms with Crippen LogP contribution in [0.25, 0.3) is 0 Å². The number of aromatic nitrogens is 2. The Labute approximate surface area is 137 Å². The van der Waals surface area contributed by atoms with E-state index in [9.17, 15) is 0 Å². The van der Waals surface area contributed by atoms with Gasteiger partial charge in [-0.3, -0.25) is 4.90 Å². The minimum Gasteiger partial charge on any atom is -0.379 e. The van der Waals surface area contributed by atoms with Crippen LogP contribution in [-0.2, 0) is 11.2 Å². The molecule has 23 heavy (non-hydrogen) atoms. The molecule has 1 aliphatic heterocycles. The summed E-state index contributed by atoms with van der Waals surface area (Å²) in [4.78, 5) is 11.1. The minimum atomic E-state index is 0.834. The zero-order valence-electron chi connectivity index (χ0n) is 13.7. The topological polar surface area (TPSA) is 50.3 Å². The van der Waals surface area contributed by atoms with Crippen LogP contribution in [0.3, 0.4) is 0 Å². The van der Waals surface area contributed by atoms with Crippen molar-refractivity contribution < 1.29 is 4.74 Å². The van der Waals surface area contributed by atoms with Gasteiger partial charge in [0.2, 0.25) is 0 Å². The lowest BCUT2D eigenvalue weighted by Crippen LogP contribution is -2.39. The summed E-state index contributed by atoms with van der Waals surface area (Å²) in [6.45, 7) is 7.73. The third-order valence-corrected chi connectivity index (χ3v) is 4.07. The zero-order chi connectivity index (χ0) is 15.9. The van der Waals surface area contributed by atoms with Gasteiger partial charge in [-0.15, -0.1) is 0 Å². The van der Waals surface area contributed by atoms with Crippen LogP contribution in [0.2, 0.25) is 0 Å². The fraction of sp³-hybridized carbons (Fsp3) is 0.444. The molecule has 3 rings (SSSR count). The van der Waals surface area contributed by atoms with Gasteiger partial charge >= 0.3 is 0 Å². The number of hydrogen-bond acceptors (Lipinski definition) is 5. The van der Waals surface area contributed by atoms with Gasteiger partial charge in [-0.05, 0) is 12.5 Å². The summed E-state index contributed by atoms with van der Waals surface area (Å²) in [6.07, 6.45) is 2.47. The van der Waals surface area contributed by atoms with E-state index in [0.29, 0.717) is 0 Å². The maximum absolute atomic E-state index is 5.36. The molecule has 0 radical (unpaired) electrons. The van der Waals surface area contributed by atoms with Crippen LogP contribution in [0.4, 0.5) is 5.82 Å². The van der Waals surface area contributed by atoms with E-state index in [0.717, 1.165) is 57.3 Å². The number of rotatable bonds is 6. The monoisotopic (exact) mass is 312 g/mol. The molecule has 0 aliphatic carbocycles. The second kappa shape index (κ2) is 8.04. The highest BCUT2D eigenvalue weighted by atomic mass is 16.5. The largest absolute Gasteiger partial charge is 0.379 e. The van der Waals surface area contributed by atoms with E-state index < -0.39 is 0 Å². The zero-order valence-corrected chi connectivity index (χ0v) is 13.7. The molecule has 0 spiro atoms. The molecule has 0 saturated carbocycles. The molecule has 2 aromatic rings. The summed E-state index contributed by atoms with van der Waals surface area (Å²) in [5.74, 6) is 0.898. The molecule has 5 heteroatoms. The van der Waals surface area contributed by atoms with Gasteiger partial charge in [0.05, 0.1) is 18.9 Å². The van der Waals surface area contributed by atoms with Gasteiger partial charge in [-0.2, -0.15) is 0 Å². The number of nitrogens with zero attached hydrogens (tertiary/aromatic N) is 3. The highest BCUT2D eigenvalue weighted by molar-refractivity contribution is 5.36. The first kappa shape index (κ1) is 15.9. The van der Waals surface area contributed by atoms with Crippen molar-refractivity contribution in [2.24, 2.45) is 0 Å². The second-order valence-electron chi connectivity index (χ2n) is 5.94. The van der Waals surface area contributed by atoms with Crippen molar-refractivity contribution in [3.8, 4) is 0 Å². The van der Waals surface area contributed by atoms with Gasteiger partial charge in [0, 0.05) is 38.7 Å². The van der Waals surface area contributed by atoms with Crippen molar-refractivity contribution in [3.05, 3.63) is 53.5 Å². The summed E-state index contributed by atoms with van der Waals surface area (Å²) in [5.41, 5.74) is 3.59. The number of hydrogen-bond donors (Lipinski definition) is 1. The minimum absolute atomic E-state index is 0.834. The third kappa shape index (κ3) is 5.01. The van der Waals surface area contributed by atoms with Crippen LogP contribution in [0.5, 0.6) is 0 Å². The average Bonchev–Trinajstić information content (AvgIpc) is 2.58. The number of ether oxygens (including phenoxy) is 1. The molecule has 2 heterocycles. The van der Waals surface area contributed by atoms with Crippen molar-refractivity contribution in [1.82, 2.24) is 14.9 Å². The summed E-state index contributed by atoms with van der Waals surface area (Å²) < 4.78 is 5.36. The lowest BCUT2D eigenvalue weighted by Gasteiger charge is -2.26. The maximum Gasteiger partial charge on any atom is 0.129 e. The maximum atomic E-state index is 5.36. The summed E-state index contributed by atoms with van der Waals surface area (Å²) in [5, 5.41) is 3.39. The van der Waals surface area contributed by atoms with Gasteiger partial charge in [-0.1, -0.05) is 29.8 Å². The Kier molecular flexibility index (Phi) is 5.56. The molecule has 1 N–H and O–H groups in total. The predicted molar refractivity (Wildman–Crippen MR) is 91.8 cm³/mol. The van der Waals surface area contributed by atoms with Gasteiger partial charge in [-0.25, -0.2) is 9.97 Å².